The van der Waals surface area contributed by atoms with E-state index in [1.807, 2.05) is 6.92 Å². The molecule has 0 aromatic heterocycles. The van der Waals surface area contributed by atoms with E-state index in [9.17, 15) is 18.3 Å². The number of esters is 1. The van der Waals surface area contributed by atoms with Crippen LogP contribution in [-0.4, -0.2) is 38.2 Å². The maximum Gasteiger partial charge on any atom is 0.327 e. The monoisotopic (exact) mass is 421 g/mol. The van der Waals surface area contributed by atoms with E-state index in [-0.39, 0.29) is 11.5 Å². The first kappa shape index (κ1) is 23.4. The average molecular weight is 422 g/mol. The van der Waals surface area contributed by atoms with Gasteiger partial charge in [-0.25, -0.2) is 8.42 Å². The van der Waals surface area contributed by atoms with E-state index in [1.54, 1.807) is 19.1 Å². The summed E-state index contributed by atoms with van der Waals surface area (Å²) in [5.41, 5.74) is 0.912. The molecule has 1 saturated carbocycles. The second-order valence-corrected chi connectivity index (χ2v) is 9.19. The molecule has 1 aromatic rings. The van der Waals surface area contributed by atoms with Crippen molar-refractivity contribution in [3.05, 3.63) is 29.8 Å². The van der Waals surface area contributed by atoms with Crippen LogP contribution in [0.25, 0.3) is 0 Å². The molecule has 1 aliphatic carbocycles. The summed E-state index contributed by atoms with van der Waals surface area (Å²) in [6.07, 6.45) is 6.32. The van der Waals surface area contributed by atoms with Crippen LogP contribution in [0.3, 0.4) is 0 Å². The highest BCUT2D eigenvalue weighted by Gasteiger charge is 2.32. The van der Waals surface area contributed by atoms with Crippen LogP contribution in [0.1, 0.15) is 57.4 Å². The van der Waals surface area contributed by atoms with Crippen molar-refractivity contribution < 1.29 is 23.1 Å². The lowest BCUT2D eigenvalue weighted by atomic mass is 9.86. The number of nitrogens with one attached hydrogen (secondary N) is 1. The van der Waals surface area contributed by atoms with E-state index in [2.05, 4.69) is 16.6 Å². The van der Waals surface area contributed by atoms with Crippen molar-refractivity contribution in [2.75, 3.05) is 6.61 Å². The van der Waals surface area contributed by atoms with E-state index >= 15 is 0 Å². The van der Waals surface area contributed by atoms with E-state index in [0.29, 0.717) is 12.3 Å². The molecule has 0 bridgehead atoms. The first-order valence-corrected chi connectivity index (χ1v) is 11.7. The van der Waals surface area contributed by atoms with Gasteiger partial charge in [-0.05, 0) is 38.3 Å². The molecule has 0 aliphatic heterocycles. The number of aliphatic hydroxyl groups excluding tert-OH is 1. The van der Waals surface area contributed by atoms with Crippen LogP contribution in [0.15, 0.2) is 29.2 Å². The zero-order chi connectivity index (χ0) is 21.3. The molecule has 0 unspecified atom stereocenters. The lowest BCUT2D eigenvalue weighted by molar-refractivity contribution is -0.147. The fourth-order valence-electron chi connectivity index (χ4n) is 3.44. The second-order valence-electron chi connectivity index (χ2n) is 7.47. The van der Waals surface area contributed by atoms with Gasteiger partial charge in [0.1, 0.15) is 6.10 Å². The fraction of sp³-hybridized carbons (Fsp3) is 0.591. The zero-order valence-corrected chi connectivity index (χ0v) is 18.0. The van der Waals surface area contributed by atoms with Crippen molar-refractivity contribution in [1.29, 1.82) is 0 Å². The molecule has 0 amide bonds. The molecule has 1 aliphatic rings. The minimum atomic E-state index is -4.01. The summed E-state index contributed by atoms with van der Waals surface area (Å²) in [6.45, 7) is 3.53. The maximum absolute atomic E-state index is 12.6. The van der Waals surface area contributed by atoms with Crippen LogP contribution in [0, 0.1) is 24.7 Å². The third-order valence-corrected chi connectivity index (χ3v) is 6.58. The highest BCUT2D eigenvalue weighted by molar-refractivity contribution is 7.89. The van der Waals surface area contributed by atoms with E-state index in [4.69, 9.17) is 4.74 Å². The predicted molar refractivity (Wildman–Crippen MR) is 112 cm³/mol. The summed E-state index contributed by atoms with van der Waals surface area (Å²) in [5, 5.41) is 10.4. The number of ether oxygens (including phenoxy) is 1. The first-order valence-electron chi connectivity index (χ1n) is 10.3. The quantitative estimate of drug-likeness (QED) is 0.497. The molecule has 2 N–H and O–H groups in total. The smallest absolute Gasteiger partial charge is 0.327 e. The average Bonchev–Trinajstić information content (AvgIpc) is 2.70. The van der Waals surface area contributed by atoms with Crippen molar-refractivity contribution in [3.63, 3.8) is 0 Å². The minimum Gasteiger partial charge on any atom is -0.465 e. The van der Waals surface area contributed by atoms with Gasteiger partial charge >= 0.3 is 5.97 Å². The summed E-state index contributed by atoms with van der Waals surface area (Å²) in [7, 11) is -4.01. The lowest BCUT2D eigenvalue weighted by Crippen LogP contribution is -2.49. The number of carbonyl (C=O) groups is 1. The number of benzene rings is 1. The van der Waals surface area contributed by atoms with Crippen LogP contribution < -0.4 is 4.72 Å². The van der Waals surface area contributed by atoms with Crippen molar-refractivity contribution in [3.8, 4) is 11.8 Å². The Balaban J connectivity index is 2.05. The zero-order valence-electron chi connectivity index (χ0n) is 17.2. The first-order chi connectivity index (χ1) is 13.8. The summed E-state index contributed by atoms with van der Waals surface area (Å²) in [4.78, 5) is 12.3. The topological polar surface area (TPSA) is 92.7 Å². The molecule has 0 heterocycles. The van der Waals surface area contributed by atoms with Gasteiger partial charge in [-0.15, -0.1) is 5.92 Å². The third kappa shape index (κ3) is 7.46. The van der Waals surface area contributed by atoms with E-state index in [1.165, 1.54) is 44.2 Å². The molecule has 0 radical (unpaired) electrons. The molecule has 0 saturated heterocycles. The van der Waals surface area contributed by atoms with Crippen LogP contribution in [0.4, 0.5) is 0 Å². The number of hydrogen-bond donors (Lipinski definition) is 2. The molecular weight excluding hydrogens is 390 g/mol. The summed E-state index contributed by atoms with van der Waals surface area (Å²) >= 11 is 0. The van der Waals surface area contributed by atoms with Gasteiger partial charge in [0.2, 0.25) is 10.0 Å². The molecule has 160 valence electrons. The van der Waals surface area contributed by atoms with Gasteiger partial charge in [0.05, 0.1) is 11.5 Å². The number of sulfonamides is 1. The van der Waals surface area contributed by atoms with Gasteiger partial charge in [-0.3, -0.25) is 4.79 Å². The lowest BCUT2D eigenvalue weighted by Gasteiger charge is -2.20. The van der Waals surface area contributed by atoms with Gasteiger partial charge in [0, 0.05) is 6.42 Å². The van der Waals surface area contributed by atoms with Gasteiger partial charge < -0.3 is 9.84 Å². The van der Waals surface area contributed by atoms with Crippen molar-refractivity contribution in [2.45, 2.75) is 75.8 Å². The Bertz CT molecular complexity index is 817. The molecule has 2 rings (SSSR count). The van der Waals surface area contributed by atoms with Crippen LogP contribution in [0.2, 0.25) is 0 Å². The van der Waals surface area contributed by atoms with Gasteiger partial charge in [-0.1, -0.05) is 55.7 Å². The largest absolute Gasteiger partial charge is 0.465 e. The van der Waals surface area contributed by atoms with E-state index in [0.717, 1.165) is 12.0 Å². The summed E-state index contributed by atoms with van der Waals surface area (Å²) in [5.74, 6) is 5.34. The minimum absolute atomic E-state index is 0.00913. The van der Waals surface area contributed by atoms with Gasteiger partial charge in [0.15, 0.2) is 6.04 Å². The standard InChI is InChI=1S/C22H31NO5S/c1-3-28-22(25)21(23-29(26,27)19-15-13-17(2)14-16-19)20(24)12-8-7-11-18-9-5-4-6-10-18/h13-16,18,20-21,23-24H,3-7,9-11H2,1-2H3/t20-,21-/m0/s1. The predicted octanol–water partition coefficient (Wildman–Crippen LogP) is 2.93. The molecule has 7 heteroatoms. The Labute approximate surface area is 174 Å². The maximum atomic E-state index is 12.6. The molecule has 29 heavy (non-hydrogen) atoms. The molecule has 6 nitrogen and oxygen atoms in total. The van der Waals surface area contributed by atoms with Gasteiger partial charge in [0.25, 0.3) is 0 Å². The highest BCUT2D eigenvalue weighted by Crippen LogP contribution is 2.26. The number of rotatable bonds is 8. The van der Waals surface area contributed by atoms with E-state index < -0.39 is 28.1 Å². The Hall–Kier alpha value is -1.88. The fourth-order valence-corrected chi connectivity index (χ4v) is 4.63. The van der Waals surface area contributed by atoms with Crippen LogP contribution in [-0.2, 0) is 19.6 Å². The summed E-state index contributed by atoms with van der Waals surface area (Å²) in [6, 6.07) is 4.73. The normalized spacial score (nSPS) is 17.1. The molecule has 2 atom stereocenters. The van der Waals surface area contributed by atoms with Crippen LogP contribution >= 0.6 is 0 Å². The van der Waals surface area contributed by atoms with Gasteiger partial charge in [-0.2, -0.15) is 4.72 Å². The molecule has 1 fully saturated rings. The number of carbonyl (C=O) groups excluding carboxylic acids is 1. The van der Waals surface area contributed by atoms with Crippen LogP contribution in [0.5, 0.6) is 0 Å². The Morgan fingerprint density at radius 1 is 1.24 bits per heavy atom. The summed E-state index contributed by atoms with van der Waals surface area (Å²) < 4.78 is 32.4. The Kier molecular flexibility index (Phi) is 9.15. The molecular formula is C22H31NO5S. The number of hydrogen-bond acceptors (Lipinski definition) is 5. The number of aliphatic hydroxyl groups is 1. The van der Waals surface area contributed by atoms with Crippen molar-refractivity contribution >= 4 is 16.0 Å². The van der Waals surface area contributed by atoms with Crippen molar-refractivity contribution in [2.24, 2.45) is 5.92 Å². The SMILES string of the molecule is CCOC(=O)[C@@H](NS(=O)(=O)c1ccc(C)cc1)[C@@H](O)C#CCCC1CCCCC1. The number of aryl methyl sites for hydroxylation is 1. The molecule has 1 aromatic carbocycles. The Morgan fingerprint density at radius 2 is 1.90 bits per heavy atom. The molecule has 0 spiro atoms. The van der Waals surface area contributed by atoms with Crippen molar-refractivity contribution in [1.82, 2.24) is 4.72 Å². The second kappa shape index (κ2) is 11.3. The highest BCUT2D eigenvalue weighted by atomic mass is 32.2. The third-order valence-electron chi connectivity index (χ3n) is 5.12. The Morgan fingerprint density at radius 3 is 2.52 bits per heavy atom.